The Morgan fingerprint density at radius 1 is 1.43 bits per heavy atom. The lowest BCUT2D eigenvalue weighted by Gasteiger charge is -2.22. The Labute approximate surface area is 129 Å². The molecule has 1 amide bonds. The summed E-state index contributed by atoms with van der Waals surface area (Å²) in [7, 11) is 0. The molecule has 1 N–H and O–H groups in total. The first kappa shape index (κ1) is 14.0. The molecule has 2 aromatic rings. The number of carbonyl (C=O) groups is 2. The van der Waals surface area contributed by atoms with Gasteiger partial charge in [-0.15, -0.1) is 0 Å². The Balaban J connectivity index is 2.00. The molecule has 6 heteroatoms. The zero-order valence-corrected chi connectivity index (χ0v) is 12.7. The Morgan fingerprint density at radius 2 is 2.24 bits per heavy atom. The molecule has 21 heavy (non-hydrogen) atoms. The van der Waals surface area contributed by atoms with E-state index in [0.29, 0.717) is 12.8 Å². The predicted octanol–water partition coefficient (Wildman–Crippen LogP) is 2.57. The van der Waals surface area contributed by atoms with Crippen LogP contribution in [0.4, 0.5) is 0 Å². The van der Waals surface area contributed by atoms with Gasteiger partial charge in [-0.3, -0.25) is 9.78 Å². The zero-order valence-electron chi connectivity index (χ0n) is 11.1. The summed E-state index contributed by atoms with van der Waals surface area (Å²) in [4.78, 5) is 29.0. The van der Waals surface area contributed by atoms with Crippen LogP contribution in [-0.2, 0) is 16.1 Å². The summed E-state index contributed by atoms with van der Waals surface area (Å²) in [5, 5.41) is 10.2. The number of halogens is 1. The SMILES string of the molecule is O=C(O)C1CCC(=O)N1Cc1ccc(Br)c2cccnc12. The van der Waals surface area contributed by atoms with Gasteiger partial charge in [-0.25, -0.2) is 4.79 Å². The van der Waals surface area contributed by atoms with Gasteiger partial charge >= 0.3 is 5.97 Å². The molecule has 0 saturated carbocycles. The molecular formula is C15H13BrN2O3. The Morgan fingerprint density at radius 3 is 3.00 bits per heavy atom. The second-order valence-corrected chi connectivity index (χ2v) is 5.87. The zero-order chi connectivity index (χ0) is 15.0. The maximum atomic E-state index is 11.9. The summed E-state index contributed by atoms with van der Waals surface area (Å²) in [6, 6.07) is 6.83. The summed E-state index contributed by atoms with van der Waals surface area (Å²) in [6.45, 7) is 0.274. The van der Waals surface area contributed by atoms with Crippen LogP contribution in [0.25, 0.3) is 10.9 Å². The van der Waals surface area contributed by atoms with Gasteiger partial charge in [-0.1, -0.05) is 28.1 Å². The Hall–Kier alpha value is -1.95. The molecule has 0 spiro atoms. The standard InChI is InChI=1S/C15H13BrN2O3/c16-11-4-3-9(14-10(11)2-1-7-17-14)8-18-12(15(20)21)5-6-13(18)19/h1-4,7,12H,5-6,8H2,(H,20,21). The fourth-order valence-corrected chi connectivity index (χ4v) is 3.15. The topological polar surface area (TPSA) is 70.5 Å². The van der Waals surface area contributed by atoms with Crippen LogP contribution in [-0.4, -0.2) is 32.9 Å². The lowest BCUT2D eigenvalue weighted by Crippen LogP contribution is -2.37. The molecule has 5 nitrogen and oxygen atoms in total. The van der Waals surface area contributed by atoms with Gasteiger partial charge in [0.25, 0.3) is 0 Å². The van der Waals surface area contributed by atoms with Crippen molar-refractivity contribution >= 4 is 38.7 Å². The highest BCUT2D eigenvalue weighted by atomic mass is 79.9. The van der Waals surface area contributed by atoms with Crippen molar-refractivity contribution in [2.24, 2.45) is 0 Å². The molecule has 1 aliphatic heterocycles. The molecule has 1 aliphatic rings. The third-order valence-corrected chi connectivity index (χ3v) is 4.45. The van der Waals surface area contributed by atoms with Crippen LogP contribution in [0.15, 0.2) is 34.9 Å². The van der Waals surface area contributed by atoms with Crippen LogP contribution in [0, 0.1) is 0 Å². The van der Waals surface area contributed by atoms with E-state index in [9.17, 15) is 14.7 Å². The molecule has 3 rings (SSSR count). The Kier molecular flexibility index (Phi) is 3.63. The molecule has 2 heterocycles. The molecule has 1 atom stereocenters. The second kappa shape index (κ2) is 5.44. The molecule has 1 aromatic heterocycles. The number of hydrogen-bond donors (Lipinski definition) is 1. The minimum Gasteiger partial charge on any atom is -0.480 e. The van der Waals surface area contributed by atoms with Gasteiger partial charge in [0.05, 0.1) is 5.52 Å². The van der Waals surface area contributed by atoms with Crippen molar-refractivity contribution in [1.82, 2.24) is 9.88 Å². The summed E-state index contributed by atoms with van der Waals surface area (Å²) in [5.41, 5.74) is 1.64. The van der Waals surface area contributed by atoms with Gasteiger partial charge in [0, 0.05) is 29.0 Å². The van der Waals surface area contributed by atoms with Gasteiger partial charge in [0.2, 0.25) is 5.91 Å². The molecule has 0 radical (unpaired) electrons. The molecule has 1 unspecified atom stereocenters. The van der Waals surface area contributed by atoms with E-state index in [4.69, 9.17) is 0 Å². The molecule has 108 valence electrons. The highest BCUT2D eigenvalue weighted by Gasteiger charge is 2.36. The monoisotopic (exact) mass is 348 g/mol. The average Bonchev–Trinajstić information content (AvgIpc) is 2.84. The number of aromatic nitrogens is 1. The fraction of sp³-hybridized carbons (Fsp3) is 0.267. The largest absolute Gasteiger partial charge is 0.480 e. The number of amides is 1. The van der Waals surface area contributed by atoms with Gasteiger partial charge < -0.3 is 10.0 Å². The highest BCUT2D eigenvalue weighted by molar-refractivity contribution is 9.10. The van der Waals surface area contributed by atoms with E-state index < -0.39 is 12.0 Å². The molecule has 0 aliphatic carbocycles. The van der Waals surface area contributed by atoms with Crippen LogP contribution < -0.4 is 0 Å². The van der Waals surface area contributed by atoms with Crippen molar-refractivity contribution in [3.05, 3.63) is 40.5 Å². The summed E-state index contributed by atoms with van der Waals surface area (Å²) in [6.07, 6.45) is 2.35. The number of carboxylic acids is 1. The molecule has 0 bridgehead atoms. The molecule has 1 saturated heterocycles. The molecular weight excluding hydrogens is 336 g/mol. The lowest BCUT2D eigenvalue weighted by atomic mass is 10.1. The third kappa shape index (κ3) is 2.51. The number of pyridine rings is 1. The minimum absolute atomic E-state index is 0.116. The van der Waals surface area contributed by atoms with Crippen molar-refractivity contribution in [3.8, 4) is 0 Å². The maximum absolute atomic E-state index is 11.9. The number of carbonyl (C=O) groups excluding carboxylic acids is 1. The number of aliphatic carboxylic acids is 1. The second-order valence-electron chi connectivity index (χ2n) is 5.02. The summed E-state index contributed by atoms with van der Waals surface area (Å²) in [5.74, 6) is -1.07. The smallest absolute Gasteiger partial charge is 0.326 e. The molecule has 1 aromatic carbocycles. The van der Waals surface area contributed by atoms with Gasteiger partial charge in [-0.2, -0.15) is 0 Å². The van der Waals surface area contributed by atoms with Crippen molar-refractivity contribution in [3.63, 3.8) is 0 Å². The van der Waals surface area contributed by atoms with Crippen molar-refractivity contribution in [2.75, 3.05) is 0 Å². The predicted molar refractivity (Wildman–Crippen MR) is 80.7 cm³/mol. The van der Waals surface area contributed by atoms with Crippen molar-refractivity contribution in [1.29, 1.82) is 0 Å². The van der Waals surface area contributed by atoms with E-state index in [1.54, 1.807) is 6.20 Å². The number of hydrogen-bond acceptors (Lipinski definition) is 3. The van der Waals surface area contributed by atoms with Crippen LogP contribution in [0.2, 0.25) is 0 Å². The number of benzene rings is 1. The van der Waals surface area contributed by atoms with Crippen LogP contribution >= 0.6 is 15.9 Å². The van der Waals surface area contributed by atoms with Crippen LogP contribution in [0.1, 0.15) is 18.4 Å². The first-order valence-electron chi connectivity index (χ1n) is 6.62. The van der Waals surface area contributed by atoms with Crippen LogP contribution in [0.5, 0.6) is 0 Å². The first-order chi connectivity index (χ1) is 10.1. The van der Waals surface area contributed by atoms with E-state index in [1.165, 1.54) is 4.90 Å². The summed E-state index contributed by atoms with van der Waals surface area (Å²) < 4.78 is 0.928. The minimum atomic E-state index is -0.949. The maximum Gasteiger partial charge on any atom is 0.326 e. The average molecular weight is 349 g/mol. The van der Waals surface area contributed by atoms with Gasteiger partial charge in [0.1, 0.15) is 6.04 Å². The molecule has 1 fully saturated rings. The van der Waals surface area contributed by atoms with E-state index in [0.717, 1.165) is 20.9 Å². The normalized spacial score (nSPS) is 18.4. The number of likely N-dealkylation sites (tertiary alicyclic amines) is 1. The summed E-state index contributed by atoms with van der Waals surface area (Å²) >= 11 is 3.48. The van der Waals surface area contributed by atoms with Gasteiger partial charge in [0.15, 0.2) is 0 Å². The van der Waals surface area contributed by atoms with Crippen molar-refractivity contribution < 1.29 is 14.7 Å². The van der Waals surface area contributed by atoms with Crippen molar-refractivity contribution in [2.45, 2.75) is 25.4 Å². The quantitative estimate of drug-likeness (QED) is 0.925. The van der Waals surface area contributed by atoms with E-state index in [2.05, 4.69) is 20.9 Å². The van der Waals surface area contributed by atoms with E-state index in [1.807, 2.05) is 24.3 Å². The number of nitrogens with zero attached hydrogens (tertiary/aromatic N) is 2. The van der Waals surface area contributed by atoms with E-state index >= 15 is 0 Å². The van der Waals surface area contributed by atoms with Gasteiger partial charge in [-0.05, 0) is 24.1 Å². The Bertz CT molecular complexity index is 732. The van der Waals surface area contributed by atoms with Crippen LogP contribution in [0.3, 0.4) is 0 Å². The lowest BCUT2D eigenvalue weighted by molar-refractivity contribution is -0.146. The third-order valence-electron chi connectivity index (χ3n) is 3.75. The number of rotatable bonds is 3. The highest BCUT2D eigenvalue weighted by Crippen LogP contribution is 2.28. The fourth-order valence-electron chi connectivity index (χ4n) is 2.70. The first-order valence-corrected chi connectivity index (χ1v) is 7.41. The number of fused-ring (bicyclic) bond motifs is 1. The number of carboxylic acid groups (broad SMARTS) is 1. The van der Waals surface area contributed by atoms with E-state index in [-0.39, 0.29) is 12.5 Å².